The second-order valence-electron chi connectivity index (χ2n) is 2.94. The van der Waals surface area contributed by atoms with Crippen LogP contribution in [0, 0.1) is 11.6 Å². The zero-order valence-corrected chi connectivity index (χ0v) is 10.1. The molecule has 0 aliphatic rings. The first kappa shape index (κ1) is 11.4. The maximum Gasteiger partial charge on any atom is 0.149 e. The van der Waals surface area contributed by atoms with Crippen molar-refractivity contribution in [3.8, 4) is 11.3 Å². The number of rotatable bonds is 1. The third-order valence-electron chi connectivity index (χ3n) is 1.95. The Morgan fingerprint density at radius 1 is 1.25 bits per heavy atom. The van der Waals surface area contributed by atoms with Crippen LogP contribution in [0.3, 0.4) is 0 Å². The number of aromatic nitrogens is 2. The van der Waals surface area contributed by atoms with Crippen molar-refractivity contribution in [1.29, 1.82) is 0 Å². The van der Waals surface area contributed by atoms with E-state index in [-0.39, 0.29) is 20.8 Å². The lowest BCUT2D eigenvalue weighted by molar-refractivity contribution is 0.584. The molecule has 0 saturated heterocycles. The van der Waals surface area contributed by atoms with Crippen LogP contribution in [0.2, 0.25) is 5.02 Å². The van der Waals surface area contributed by atoms with Gasteiger partial charge in [0.05, 0.1) is 20.8 Å². The van der Waals surface area contributed by atoms with Crippen molar-refractivity contribution >= 4 is 27.5 Å². The van der Waals surface area contributed by atoms with E-state index in [0.29, 0.717) is 0 Å². The van der Waals surface area contributed by atoms with E-state index in [1.54, 1.807) is 0 Å². The summed E-state index contributed by atoms with van der Waals surface area (Å²) in [5.41, 5.74) is -0.227. The molecule has 0 bridgehead atoms. The van der Waals surface area contributed by atoms with Crippen LogP contribution in [0.1, 0.15) is 0 Å². The van der Waals surface area contributed by atoms with E-state index in [4.69, 9.17) is 11.6 Å². The van der Waals surface area contributed by atoms with E-state index in [1.807, 2.05) is 0 Å². The van der Waals surface area contributed by atoms with Crippen molar-refractivity contribution < 1.29 is 8.78 Å². The average Bonchev–Trinajstić information content (AvgIpc) is 2.27. The molecule has 82 valence electrons. The van der Waals surface area contributed by atoms with Crippen LogP contribution in [0.5, 0.6) is 0 Å². The van der Waals surface area contributed by atoms with Crippen molar-refractivity contribution in [2.24, 2.45) is 0 Å². The Hall–Kier alpha value is -1.07. The van der Waals surface area contributed by atoms with Crippen LogP contribution in [0.15, 0.2) is 29.1 Å². The molecular formula is C10H4BrClF2N2. The van der Waals surface area contributed by atoms with Gasteiger partial charge in [0.15, 0.2) is 0 Å². The van der Waals surface area contributed by atoms with Crippen LogP contribution in [0.4, 0.5) is 8.78 Å². The largest absolute Gasteiger partial charge is 0.243 e. The normalized spacial score (nSPS) is 10.5. The van der Waals surface area contributed by atoms with Crippen LogP contribution in [-0.4, -0.2) is 9.97 Å². The van der Waals surface area contributed by atoms with Crippen molar-refractivity contribution in [2.75, 3.05) is 0 Å². The first-order chi connectivity index (χ1) is 7.61. The Morgan fingerprint density at radius 3 is 2.69 bits per heavy atom. The van der Waals surface area contributed by atoms with Crippen LogP contribution in [-0.2, 0) is 0 Å². The molecule has 0 unspecified atom stereocenters. The van der Waals surface area contributed by atoms with Gasteiger partial charge < -0.3 is 0 Å². The first-order valence-electron chi connectivity index (χ1n) is 4.20. The Labute approximate surface area is 103 Å². The van der Waals surface area contributed by atoms with E-state index in [2.05, 4.69) is 25.9 Å². The number of halogens is 4. The standard InChI is InChI=1S/C10H4BrClF2N2/c11-5-1-2-7(13)8(9(5)14)10-6(12)3-15-4-16-10/h1-4H. The van der Waals surface area contributed by atoms with Gasteiger partial charge >= 0.3 is 0 Å². The highest BCUT2D eigenvalue weighted by atomic mass is 79.9. The molecule has 1 aromatic carbocycles. The number of nitrogens with zero attached hydrogens (tertiary/aromatic N) is 2. The van der Waals surface area contributed by atoms with Crippen LogP contribution in [0.25, 0.3) is 11.3 Å². The van der Waals surface area contributed by atoms with Gasteiger partial charge in [-0.25, -0.2) is 18.7 Å². The molecule has 1 aromatic heterocycles. The minimum atomic E-state index is -0.736. The molecule has 0 atom stereocenters. The van der Waals surface area contributed by atoms with Gasteiger partial charge in [-0.15, -0.1) is 0 Å². The summed E-state index contributed by atoms with van der Waals surface area (Å²) in [5, 5.41) is 0.0957. The monoisotopic (exact) mass is 304 g/mol. The summed E-state index contributed by atoms with van der Waals surface area (Å²) >= 11 is 8.76. The number of benzene rings is 1. The highest BCUT2D eigenvalue weighted by molar-refractivity contribution is 9.10. The van der Waals surface area contributed by atoms with E-state index in [1.165, 1.54) is 18.6 Å². The van der Waals surface area contributed by atoms with Crippen molar-refractivity contribution in [2.45, 2.75) is 0 Å². The third kappa shape index (κ3) is 1.92. The predicted octanol–water partition coefficient (Wildman–Crippen LogP) is 3.84. The molecule has 0 aliphatic heterocycles. The molecule has 16 heavy (non-hydrogen) atoms. The van der Waals surface area contributed by atoms with Crippen LogP contribution >= 0.6 is 27.5 Å². The second kappa shape index (κ2) is 4.43. The first-order valence-corrected chi connectivity index (χ1v) is 5.37. The molecule has 0 N–H and O–H groups in total. The molecule has 6 heteroatoms. The smallest absolute Gasteiger partial charge is 0.149 e. The summed E-state index contributed by atoms with van der Waals surface area (Å²) in [6, 6.07) is 2.42. The fourth-order valence-electron chi connectivity index (χ4n) is 1.24. The zero-order valence-electron chi connectivity index (χ0n) is 7.72. The lowest BCUT2D eigenvalue weighted by Crippen LogP contribution is -1.95. The summed E-state index contributed by atoms with van der Waals surface area (Å²) in [5.74, 6) is -1.46. The molecule has 0 amide bonds. The second-order valence-corrected chi connectivity index (χ2v) is 4.20. The Bertz CT molecular complexity index is 548. The summed E-state index contributed by atoms with van der Waals surface area (Å²) in [6.45, 7) is 0. The van der Waals surface area contributed by atoms with E-state index in [0.717, 1.165) is 6.07 Å². The predicted molar refractivity (Wildman–Crippen MR) is 60.1 cm³/mol. The molecule has 1 heterocycles. The molecule has 0 aliphatic carbocycles. The fraction of sp³-hybridized carbons (Fsp3) is 0. The Kier molecular flexibility index (Phi) is 3.16. The molecule has 2 nitrogen and oxygen atoms in total. The summed E-state index contributed by atoms with van der Waals surface area (Å²) in [4.78, 5) is 7.42. The minimum Gasteiger partial charge on any atom is -0.243 e. The van der Waals surface area contributed by atoms with Crippen molar-refractivity contribution in [3.63, 3.8) is 0 Å². The zero-order chi connectivity index (χ0) is 11.7. The molecule has 2 aromatic rings. The van der Waals surface area contributed by atoms with E-state index in [9.17, 15) is 8.78 Å². The molecule has 2 rings (SSSR count). The molecule has 0 spiro atoms. The SMILES string of the molecule is Fc1ccc(Br)c(F)c1-c1ncncc1Cl. The van der Waals surface area contributed by atoms with Gasteiger partial charge in [0.1, 0.15) is 18.0 Å². The summed E-state index contributed by atoms with van der Waals surface area (Å²) in [6.07, 6.45) is 2.46. The summed E-state index contributed by atoms with van der Waals surface area (Å²) < 4.78 is 27.4. The number of hydrogen-bond donors (Lipinski definition) is 0. The third-order valence-corrected chi connectivity index (χ3v) is 2.84. The van der Waals surface area contributed by atoms with Crippen molar-refractivity contribution in [1.82, 2.24) is 9.97 Å². The van der Waals surface area contributed by atoms with E-state index < -0.39 is 11.6 Å². The van der Waals surface area contributed by atoms with Gasteiger partial charge in [-0.1, -0.05) is 11.6 Å². The van der Waals surface area contributed by atoms with Gasteiger partial charge in [-0.3, -0.25) is 0 Å². The maximum atomic E-state index is 13.7. The lowest BCUT2D eigenvalue weighted by atomic mass is 10.1. The quantitative estimate of drug-likeness (QED) is 0.748. The maximum absolute atomic E-state index is 13.7. The average molecular weight is 306 g/mol. The van der Waals surface area contributed by atoms with E-state index >= 15 is 0 Å². The molecular weight excluding hydrogens is 301 g/mol. The summed E-state index contributed by atoms with van der Waals surface area (Å²) in [7, 11) is 0. The molecule has 0 saturated carbocycles. The van der Waals surface area contributed by atoms with Crippen molar-refractivity contribution in [3.05, 3.63) is 45.8 Å². The Morgan fingerprint density at radius 2 is 2.00 bits per heavy atom. The van der Waals surface area contributed by atoms with Gasteiger partial charge in [0.25, 0.3) is 0 Å². The minimum absolute atomic E-state index is 0.0352. The van der Waals surface area contributed by atoms with Gasteiger partial charge in [0, 0.05) is 6.20 Å². The lowest BCUT2D eigenvalue weighted by Gasteiger charge is -2.06. The van der Waals surface area contributed by atoms with Crippen LogP contribution < -0.4 is 0 Å². The fourth-order valence-corrected chi connectivity index (χ4v) is 1.77. The Balaban J connectivity index is 2.74. The molecule has 0 fully saturated rings. The number of hydrogen-bond acceptors (Lipinski definition) is 2. The van der Waals surface area contributed by atoms with Gasteiger partial charge in [-0.05, 0) is 28.1 Å². The van der Waals surface area contributed by atoms with Gasteiger partial charge in [0.2, 0.25) is 0 Å². The molecule has 0 radical (unpaired) electrons. The van der Waals surface area contributed by atoms with Gasteiger partial charge in [-0.2, -0.15) is 0 Å². The topological polar surface area (TPSA) is 25.8 Å². The highest BCUT2D eigenvalue weighted by Crippen LogP contribution is 2.32. The highest BCUT2D eigenvalue weighted by Gasteiger charge is 2.17.